The number of nitrogens with zero attached hydrogens (tertiary/aromatic N) is 1. The smallest absolute Gasteiger partial charge is 0.0570 e. The molecule has 47 heavy (non-hydrogen) atoms. The quantitative estimate of drug-likeness (QED) is 0.178. The third kappa shape index (κ3) is 3.96. The molecule has 220 valence electrons. The molecule has 0 radical (unpaired) electrons. The van der Waals surface area contributed by atoms with Gasteiger partial charge in [-0.05, 0) is 108 Å². The van der Waals surface area contributed by atoms with Crippen molar-refractivity contribution in [2.75, 3.05) is 0 Å². The lowest BCUT2D eigenvalue weighted by Gasteiger charge is -2.18. The van der Waals surface area contributed by atoms with Crippen LogP contribution < -0.4 is 5.22 Å². The van der Waals surface area contributed by atoms with Gasteiger partial charge in [0.25, 0.3) is 0 Å². The van der Waals surface area contributed by atoms with Crippen LogP contribution in [0.5, 0.6) is 0 Å². The lowest BCUT2D eigenvalue weighted by Crippen LogP contribution is -2.04. The molecule has 2 heterocycles. The maximum Gasteiger partial charge on any atom is 0.0570 e. The monoisotopic (exact) mass is 597 g/mol. The number of hydrogen-bond donors (Lipinski definition) is 0. The zero-order valence-corrected chi connectivity index (χ0v) is 25.9. The molecule has 0 N–H and O–H groups in total. The van der Waals surface area contributed by atoms with Gasteiger partial charge in [-0.1, -0.05) is 140 Å². The van der Waals surface area contributed by atoms with Crippen molar-refractivity contribution < 1.29 is 0 Å². The molecular weight excluding hydrogens is 567 g/mol. The molecular formula is C46H31N. The van der Waals surface area contributed by atoms with Gasteiger partial charge < -0.3 is 4.40 Å². The van der Waals surface area contributed by atoms with E-state index >= 15 is 0 Å². The van der Waals surface area contributed by atoms with Crippen molar-refractivity contribution in [3.05, 3.63) is 169 Å². The van der Waals surface area contributed by atoms with Gasteiger partial charge in [0.1, 0.15) is 0 Å². The van der Waals surface area contributed by atoms with Crippen molar-refractivity contribution in [2.24, 2.45) is 0 Å². The minimum absolute atomic E-state index is 1.07. The molecule has 1 heteroatoms. The van der Waals surface area contributed by atoms with Crippen molar-refractivity contribution in [3.63, 3.8) is 0 Å². The highest BCUT2D eigenvalue weighted by Gasteiger charge is 2.21. The molecule has 0 unspecified atom stereocenters. The van der Waals surface area contributed by atoms with E-state index in [0.29, 0.717) is 0 Å². The molecule has 0 aliphatic heterocycles. The summed E-state index contributed by atoms with van der Waals surface area (Å²) in [6.45, 7) is 0. The second-order valence-electron chi connectivity index (χ2n) is 12.8. The predicted octanol–water partition coefficient (Wildman–Crippen LogP) is 11.5. The molecule has 0 atom stereocenters. The molecule has 0 saturated heterocycles. The zero-order valence-electron chi connectivity index (χ0n) is 25.9. The summed E-state index contributed by atoms with van der Waals surface area (Å²) >= 11 is 0. The fraction of sp³-hybridized carbons (Fsp3) is 0.0435. The second-order valence-corrected chi connectivity index (χ2v) is 12.8. The number of aromatic nitrogens is 1. The fourth-order valence-electron chi connectivity index (χ4n) is 8.16. The summed E-state index contributed by atoms with van der Waals surface area (Å²) < 4.78 is 2.50. The highest BCUT2D eigenvalue weighted by molar-refractivity contribution is 6.22. The molecule has 1 aliphatic carbocycles. The van der Waals surface area contributed by atoms with Crippen molar-refractivity contribution in [2.45, 2.75) is 12.8 Å². The predicted molar refractivity (Wildman–Crippen MR) is 200 cm³/mol. The Labute approximate surface area is 273 Å². The van der Waals surface area contributed by atoms with E-state index in [9.17, 15) is 0 Å². The van der Waals surface area contributed by atoms with Crippen LogP contribution in [0.1, 0.15) is 12.0 Å². The first-order chi connectivity index (χ1) is 23.3. The van der Waals surface area contributed by atoms with E-state index in [1.807, 2.05) is 0 Å². The van der Waals surface area contributed by atoms with Gasteiger partial charge in [-0.25, -0.2) is 0 Å². The molecule has 2 aromatic heterocycles. The summed E-state index contributed by atoms with van der Waals surface area (Å²) in [5.41, 5.74) is 14.3. The Hall–Kier alpha value is -5.92. The van der Waals surface area contributed by atoms with Crippen molar-refractivity contribution >= 4 is 44.0 Å². The van der Waals surface area contributed by atoms with E-state index in [-0.39, 0.29) is 0 Å². The highest BCUT2D eigenvalue weighted by Crippen LogP contribution is 2.45. The minimum atomic E-state index is 1.07. The zero-order chi connectivity index (χ0) is 30.9. The third-order valence-corrected chi connectivity index (χ3v) is 10.2. The average molecular weight is 598 g/mol. The van der Waals surface area contributed by atoms with Gasteiger partial charge in [-0.2, -0.15) is 0 Å². The summed E-state index contributed by atoms with van der Waals surface area (Å²) in [6, 6.07) is 58.1. The summed E-state index contributed by atoms with van der Waals surface area (Å²) in [6.07, 6.45) is 4.57. The average Bonchev–Trinajstić information content (AvgIpc) is 3.70. The Morgan fingerprint density at radius 2 is 0.936 bits per heavy atom. The maximum absolute atomic E-state index is 2.50. The van der Waals surface area contributed by atoms with Crippen LogP contribution in [0.25, 0.3) is 88.7 Å². The van der Waals surface area contributed by atoms with E-state index in [2.05, 4.69) is 168 Å². The lowest BCUT2D eigenvalue weighted by molar-refractivity contribution is 1.04. The Bertz CT molecular complexity index is 2700. The standard InChI is InChI=1S/C46H31N/c1-4-13-30(14-5-1)43-29-35-19-12-22-39-40-27-34(24-26-42(40)47(43)46(35)39)33-23-25-38-41(28-33)45(32-17-8-3-9-18-32)37-21-11-10-20-36(37)44(38)31-15-6-2-7-16-31/h1-11,13-21,23-29H,12,22H2. The van der Waals surface area contributed by atoms with Crippen LogP contribution in [0.3, 0.4) is 0 Å². The minimum Gasteiger partial charge on any atom is -0.308 e. The molecule has 1 aliphatic rings. The molecule has 0 bridgehead atoms. The number of benzene rings is 7. The van der Waals surface area contributed by atoms with Crippen LogP contribution in [-0.4, -0.2) is 4.40 Å². The first kappa shape index (κ1) is 26.3. The Balaban J connectivity index is 1.25. The van der Waals surface area contributed by atoms with Gasteiger partial charge in [0, 0.05) is 5.39 Å². The molecule has 0 amide bonds. The molecule has 0 saturated carbocycles. The van der Waals surface area contributed by atoms with E-state index in [1.165, 1.54) is 93.4 Å². The van der Waals surface area contributed by atoms with Crippen molar-refractivity contribution in [1.82, 2.24) is 4.40 Å². The van der Waals surface area contributed by atoms with Crippen LogP contribution in [0.2, 0.25) is 0 Å². The van der Waals surface area contributed by atoms with Gasteiger partial charge in [0.2, 0.25) is 0 Å². The van der Waals surface area contributed by atoms with Crippen molar-refractivity contribution in [3.8, 4) is 44.6 Å². The van der Waals surface area contributed by atoms with Crippen LogP contribution in [0, 0.1) is 0 Å². The number of rotatable bonds is 4. The van der Waals surface area contributed by atoms with E-state index in [1.54, 1.807) is 0 Å². The number of fused-ring (bicyclic) bond motifs is 5. The van der Waals surface area contributed by atoms with Gasteiger partial charge >= 0.3 is 0 Å². The summed E-state index contributed by atoms with van der Waals surface area (Å²) in [4.78, 5) is 0. The first-order valence-corrected chi connectivity index (χ1v) is 16.6. The third-order valence-electron chi connectivity index (χ3n) is 10.2. The molecule has 0 spiro atoms. The summed E-state index contributed by atoms with van der Waals surface area (Å²) in [5, 5.41) is 7.87. The van der Waals surface area contributed by atoms with Crippen molar-refractivity contribution in [1.29, 1.82) is 0 Å². The molecule has 7 aromatic carbocycles. The molecule has 1 nitrogen and oxygen atoms in total. The van der Waals surface area contributed by atoms with Crippen LogP contribution >= 0.6 is 0 Å². The molecule has 10 rings (SSSR count). The Kier molecular flexibility index (Phi) is 5.77. The van der Waals surface area contributed by atoms with Crippen LogP contribution in [0.15, 0.2) is 158 Å². The normalized spacial score (nSPS) is 12.7. The van der Waals surface area contributed by atoms with E-state index in [4.69, 9.17) is 0 Å². The largest absolute Gasteiger partial charge is 0.308 e. The first-order valence-electron chi connectivity index (χ1n) is 16.6. The lowest BCUT2D eigenvalue weighted by atomic mass is 9.85. The van der Waals surface area contributed by atoms with E-state index in [0.717, 1.165) is 12.8 Å². The SMILES string of the molecule is C1=c2cc(-c3ccccc3)n3c2c(c2cc(-c4ccc5c(-c6ccccc6)c6ccccc6c(-c6ccccc6)c5c4)ccc23)CC1. The maximum atomic E-state index is 2.50. The topological polar surface area (TPSA) is 4.41 Å². The number of hydrogen-bond acceptors (Lipinski definition) is 0. The Morgan fingerprint density at radius 1 is 0.404 bits per heavy atom. The second kappa shape index (κ2) is 10.3. The molecule has 9 aromatic rings. The fourth-order valence-corrected chi connectivity index (χ4v) is 8.16. The van der Waals surface area contributed by atoms with Gasteiger partial charge in [-0.15, -0.1) is 0 Å². The van der Waals surface area contributed by atoms with E-state index < -0.39 is 0 Å². The summed E-state index contributed by atoms with van der Waals surface area (Å²) in [7, 11) is 0. The Morgan fingerprint density at radius 3 is 1.60 bits per heavy atom. The van der Waals surface area contributed by atoms with Crippen LogP contribution in [0.4, 0.5) is 0 Å². The van der Waals surface area contributed by atoms with Gasteiger partial charge in [0.05, 0.1) is 16.7 Å². The van der Waals surface area contributed by atoms with Crippen LogP contribution in [-0.2, 0) is 6.42 Å². The highest BCUT2D eigenvalue weighted by atomic mass is 14.9. The number of aryl methyl sites for hydroxylation is 1. The molecule has 0 fully saturated rings. The van der Waals surface area contributed by atoms with Gasteiger partial charge in [0.15, 0.2) is 0 Å². The van der Waals surface area contributed by atoms with Gasteiger partial charge in [-0.3, -0.25) is 0 Å². The summed E-state index contributed by atoms with van der Waals surface area (Å²) in [5.74, 6) is 0.